The van der Waals surface area contributed by atoms with Crippen LogP contribution in [0.4, 0.5) is 8.78 Å². The van der Waals surface area contributed by atoms with Crippen molar-refractivity contribution in [1.29, 1.82) is 0 Å². The molecular formula is C10H20F2N2O2S. The molecule has 0 aliphatic carbocycles. The van der Waals surface area contributed by atoms with Crippen LogP contribution in [0.5, 0.6) is 0 Å². The van der Waals surface area contributed by atoms with E-state index in [1.54, 1.807) is 20.8 Å². The number of hydrogen-bond donors (Lipinski definition) is 2. The third-order valence-corrected chi connectivity index (χ3v) is 4.53. The summed E-state index contributed by atoms with van der Waals surface area (Å²) in [6.45, 7) is 5.42. The van der Waals surface area contributed by atoms with Crippen LogP contribution in [-0.2, 0) is 16.1 Å². The van der Waals surface area contributed by atoms with Gasteiger partial charge in [0.05, 0.1) is 12.6 Å². The lowest BCUT2D eigenvalue weighted by Gasteiger charge is -2.42. The van der Waals surface area contributed by atoms with E-state index in [1.165, 1.54) is 0 Å². The zero-order chi connectivity index (χ0) is 13.3. The van der Waals surface area contributed by atoms with Crippen LogP contribution >= 0.6 is 0 Å². The molecule has 0 aromatic carbocycles. The van der Waals surface area contributed by atoms with Crippen molar-refractivity contribution in [3.8, 4) is 0 Å². The molecule has 0 saturated carbocycles. The average Bonchev–Trinajstić information content (AvgIpc) is 2.19. The van der Waals surface area contributed by atoms with E-state index < -0.39 is 34.1 Å². The highest BCUT2D eigenvalue weighted by atomic mass is 32.2. The van der Waals surface area contributed by atoms with E-state index in [4.69, 9.17) is 10.5 Å². The quantitative estimate of drug-likeness (QED) is 0.744. The summed E-state index contributed by atoms with van der Waals surface area (Å²) in [6.07, 6.45) is -2.61. The van der Waals surface area contributed by atoms with Gasteiger partial charge in [0.2, 0.25) is 0 Å². The van der Waals surface area contributed by atoms with Gasteiger partial charge in [0, 0.05) is 24.4 Å². The molecule has 1 heterocycles. The Morgan fingerprint density at radius 3 is 2.53 bits per heavy atom. The molecule has 0 spiro atoms. The molecule has 1 fully saturated rings. The van der Waals surface area contributed by atoms with Crippen molar-refractivity contribution in [2.24, 2.45) is 5.73 Å². The Bertz CT molecular complexity index is 263. The van der Waals surface area contributed by atoms with Gasteiger partial charge in [0.1, 0.15) is 10.3 Å². The van der Waals surface area contributed by atoms with Gasteiger partial charge in [-0.25, -0.2) is 8.78 Å². The predicted molar refractivity (Wildman–Crippen MR) is 63.2 cm³/mol. The first-order valence-electron chi connectivity index (χ1n) is 5.51. The van der Waals surface area contributed by atoms with Gasteiger partial charge in [-0.15, -0.1) is 4.72 Å². The minimum atomic E-state index is -2.67. The van der Waals surface area contributed by atoms with Gasteiger partial charge in [-0.05, 0) is 20.8 Å². The maximum absolute atomic E-state index is 13.2. The van der Waals surface area contributed by atoms with Crippen LogP contribution in [0.1, 0.15) is 27.2 Å². The van der Waals surface area contributed by atoms with Crippen molar-refractivity contribution in [2.75, 3.05) is 13.2 Å². The first kappa shape index (κ1) is 15.1. The minimum absolute atomic E-state index is 0.0542. The molecule has 1 rings (SSSR count). The standard InChI is InChI=1S/C10H20F2N2O2S/c1-9(2,3)17(15)14-10(8(11)12)4-5-16-6-7(10)13/h7-8,14H,4-6,13H2,1-3H3/t7-,10+,17?/m0/s1. The SMILES string of the molecule is CC(C)(C)[S+]([O-])N[C@]1(C(F)F)CCOC[C@@H]1N. The third-order valence-electron chi connectivity index (χ3n) is 2.85. The van der Waals surface area contributed by atoms with Crippen molar-refractivity contribution in [2.45, 2.75) is 49.9 Å². The van der Waals surface area contributed by atoms with Crippen LogP contribution in [0.3, 0.4) is 0 Å². The molecule has 3 atom stereocenters. The summed E-state index contributed by atoms with van der Waals surface area (Å²) < 4.78 is 45.4. The Balaban J connectivity index is 2.85. The maximum atomic E-state index is 13.2. The monoisotopic (exact) mass is 270 g/mol. The van der Waals surface area contributed by atoms with E-state index in [0.29, 0.717) is 0 Å². The second kappa shape index (κ2) is 5.36. The average molecular weight is 270 g/mol. The first-order chi connectivity index (χ1) is 7.70. The largest absolute Gasteiger partial charge is 0.598 e. The lowest BCUT2D eigenvalue weighted by molar-refractivity contribution is -0.0495. The Hall–Kier alpha value is 0.0500. The van der Waals surface area contributed by atoms with Crippen LogP contribution < -0.4 is 10.5 Å². The lowest BCUT2D eigenvalue weighted by atomic mass is 9.87. The highest BCUT2D eigenvalue weighted by Gasteiger charge is 2.52. The number of halogens is 2. The van der Waals surface area contributed by atoms with Crippen LogP contribution in [-0.4, -0.2) is 40.5 Å². The minimum Gasteiger partial charge on any atom is -0.598 e. The van der Waals surface area contributed by atoms with E-state index in [0.717, 1.165) is 0 Å². The van der Waals surface area contributed by atoms with Gasteiger partial charge in [0.15, 0.2) is 0 Å². The lowest BCUT2D eigenvalue weighted by Crippen LogP contribution is -2.69. The number of nitrogens with one attached hydrogen (secondary N) is 1. The summed E-state index contributed by atoms with van der Waals surface area (Å²) in [7, 11) is 0. The fourth-order valence-electron chi connectivity index (χ4n) is 1.55. The van der Waals surface area contributed by atoms with Crippen molar-refractivity contribution in [3.63, 3.8) is 0 Å². The van der Waals surface area contributed by atoms with E-state index in [2.05, 4.69) is 4.72 Å². The summed E-state index contributed by atoms with van der Waals surface area (Å²) in [6, 6.07) is -0.859. The third kappa shape index (κ3) is 3.29. The molecule has 4 nitrogen and oxygen atoms in total. The Morgan fingerprint density at radius 1 is 1.53 bits per heavy atom. The van der Waals surface area contributed by atoms with Gasteiger partial charge in [-0.3, -0.25) is 0 Å². The van der Waals surface area contributed by atoms with E-state index in [1.807, 2.05) is 0 Å². The summed E-state index contributed by atoms with van der Waals surface area (Å²) in [5, 5.41) is 0. The van der Waals surface area contributed by atoms with E-state index in [9.17, 15) is 13.3 Å². The smallest absolute Gasteiger partial charge is 0.262 e. The van der Waals surface area contributed by atoms with Gasteiger partial charge in [-0.1, -0.05) is 0 Å². The summed E-state index contributed by atoms with van der Waals surface area (Å²) >= 11 is -1.58. The van der Waals surface area contributed by atoms with Crippen LogP contribution in [0, 0.1) is 0 Å². The molecule has 0 aromatic rings. The van der Waals surface area contributed by atoms with Crippen LogP contribution in [0.15, 0.2) is 0 Å². The van der Waals surface area contributed by atoms with E-state index in [-0.39, 0.29) is 19.6 Å². The van der Waals surface area contributed by atoms with Crippen molar-refractivity contribution >= 4 is 11.4 Å². The first-order valence-corrected chi connectivity index (χ1v) is 6.66. The number of hydrogen-bond acceptors (Lipinski definition) is 4. The fourth-order valence-corrected chi connectivity index (χ4v) is 2.55. The van der Waals surface area contributed by atoms with Gasteiger partial charge >= 0.3 is 0 Å². The van der Waals surface area contributed by atoms with Crippen LogP contribution in [0.2, 0.25) is 0 Å². The molecular weight excluding hydrogens is 250 g/mol. The molecule has 3 N–H and O–H groups in total. The summed E-state index contributed by atoms with van der Waals surface area (Å²) in [5.74, 6) is 0. The Kier molecular flexibility index (Phi) is 4.76. The normalized spacial score (nSPS) is 32.8. The van der Waals surface area contributed by atoms with Crippen molar-refractivity contribution in [3.05, 3.63) is 0 Å². The molecule has 1 saturated heterocycles. The molecule has 0 amide bonds. The molecule has 102 valence electrons. The molecule has 1 aliphatic heterocycles. The molecule has 7 heteroatoms. The van der Waals surface area contributed by atoms with Gasteiger partial charge in [0.25, 0.3) is 6.43 Å². The molecule has 1 unspecified atom stereocenters. The van der Waals surface area contributed by atoms with E-state index >= 15 is 0 Å². The van der Waals surface area contributed by atoms with Crippen molar-refractivity contribution in [1.82, 2.24) is 4.72 Å². The zero-order valence-corrected chi connectivity index (χ0v) is 11.2. The maximum Gasteiger partial charge on any atom is 0.262 e. The number of rotatable bonds is 3. The zero-order valence-electron chi connectivity index (χ0n) is 10.3. The number of alkyl halides is 2. The summed E-state index contributed by atoms with van der Waals surface area (Å²) in [5.41, 5.74) is 4.09. The topological polar surface area (TPSA) is 70.3 Å². The Morgan fingerprint density at radius 2 is 2.12 bits per heavy atom. The fraction of sp³-hybridized carbons (Fsp3) is 1.00. The molecule has 0 aromatic heterocycles. The molecule has 17 heavy (non-hydrogen) atoms. The second-order valence-corrected chi connectivity index (χ2v) is 7.22. The van der Waals surface area contributed by atoms with Crippen molar-refractivity contribution < 1.29 is 18.1 Å². The number of nitrogens with two attached hydrogens (primary N) is 1. The highest BCUT2D eigenvalue weighted by Crippen LogP contribution is 2.30. The number of ether oxygens (including phenoxy) is 1. The highest BCUT2D eigenvalue weighted by molar-refractivity contribution is 7.90. The predicted octanol–water partition coefficient (Wildman–Crippen LogP) is 0.790. The second-order valence-electron chi connectivity index (χ2n) is 5.26. The molecule has 0 radical (unpaired) electrons. The molecule has 1 aliphatic rings. The molecule has 0 bridgehead atoms. The summed E-state index contributed by atoms with van der Waals surface area (Å²) in [4.78, 5) is 0. The Labute approximate surface area is 104 Å². The van der Waals surface area contributed by atoms with Crippen LogP contribution in [0.25, 0.3) is 0 Å². The van der Waals surface area contributed by atoms with Gasteiger partial charge < -0.3 is 15.0 Å². The van der Waals surface area contributed by atoms with Gasteiger partial charge in [-0.2, -0.15) is 0 Å².